The summed E-state index contributed by atoms with van der Waals surface area (Å²) in [6, 6.07) is 11.0. The molecule has 0 aliphatic rings. The van der Waals surface area contributed by atoms with E-state index >= 15 is 0 Å². The lowest BCUT2D eigenvalue weighted by Crippen LogP contribution is -2.24. The van der Waals surface area contributed by atoms with Crippen LogP contribution in [0.5, 0.6) is 0 Å². The van der Waals surface area contributed by atoms with Crippen LogP contribution in [0.4, 0.5) is 5.69 Å². The van der Waals surface area contributed by atoms with E-state index in [2.05, 4.69) is 14.8 Å². The van der Waals surface area contributed by atoms with Gasteiger partial charge in [0.2, 0.25) is 5.43 Å². The molecule has 1 heterocycles. The average molecular weight is 408 g/mol. The van der Waals surface area contributed by atoms with Gasteiger partial charge in [-0.2, -0.15) is 0 Å². The molecule has 154 valence electrons. The predicted molar refractivity (Wildman–Crippen MR) is 111 cm³/mol. The molecule has 0 fully saturated rings. The molecule has 1 aromatic heterocycles. The summed E-state index contributed by atoms with van der Waals surface area (Å²) in [5.41, 5.74) is 0.519. The highest BCUT2D eigenvalue weighted by Crippen LogP contribution is 2.18. The van der Waals surface area contributed by atoms with Crippen molar-refractivity contribution in [2.24, 2.45) is 0 Å². The number of carbonyl (C=O) groups excluding carboxylic acids is 3. The Hall–Kier alpha value is -3.94. The van der Waals surface area contributed by atoms with E-state index in [0.29, 0.717) is 11.9 Å². The second-order valence-corrected chi connectivity index (χ2v) is 6.41. The van der Waals surface area contributed by atoms with Gasteiger partial charge in [-0.25, -0.2) is 9.59 Å². The van der Waals surface area contributed by atoms with E-state index in [4.69, 9.17) is 0 Å². The Labute approximate surface area is 172 Å². The number of esters is 2. The summed E-state index contributed by atoms with van der Waals surface area (Å²) in [6.07, 6.45) is 1.49. The normalized spacial score (nSPS) is 10.5. The smallest absolute Gasteiger partial charge is 0.337 e. The molecule has 0 saturated heterocycles. The molecular weight excluding hydrogens is 388 g/mol. The first kappa shape index (κ1) is 20.8. The maximum absolute atomic E-state index is 12.9. The SMILES string of the molecule is CCn1cc(C(=O)Nc2cc(C(=O)OC)cc(C(=O)OC)c2)c(=O)c2ccccc21. The van der Waals surface area contributed by atoms with Gasteiger partial charge in [-0.05, 0) is 37.3 Å². The number of carbonyl (C=O) groups is 3. The van der Waals surface area contributed by atoms with Crippen molar-refractivity contribution in [3.8, 4) is 0 Å². The van der Waals surface area contributed by atoms with Crippen LogP contribution in [0, 0.1) is 0 Å². The number of aryl methyl sites for hydroxylation is 1. The van der Waals surface area contributed by atoms with Crippen molar-refractivity contribution < 1.29 is 23.9 Å². The zero-order valence-corrected chi connectivity index (χ0v) is 16.7. The van der Waals surface area contributed by atoms with Gasteiger partial charge >= 0.3 is 11.9 Å². The van der Waals surface area contributed by atoms with Crippen molar-refractivity contribution in [3.05, 3.63) is 75.6 Å². The number of benzene rings is 2. The summed E-state index contributed by atoms with van der Waals surface area (Å²) in [5.74, 6) is -2.03. The lowest BCUT2D eigenvalue weighted by Gasteiger charge is -2.13. The molecular formula is C22H20N2O6. The second kappa shape index (κ2) is 8.60. The standard InChI is InChI=1S/C22H20N2O6/c1-4-24-12-17(19(25)16-7-5-6-8-18(16)24)20(26)23-15-10-13(21(27)29-2)9-14(11-15)22(28)30-3/h5-12H,4H2,1-3H3,(H,23,26). The minimum Gasteiger partial charge on any atom is -0.465 e. The van der Waals surface area contributed by atoms with Crippen molar-refractivity contribution in [2.45, 2.75) is 13.5 Å². The van der Waals surface area contributed by atoms with E-state index in [-0.39, 0.29) is 22.4 Å². The van der Waals surface area contributed by atoms with Gasteiger partial charge in [-0.3, -0.25) is 9.59 Å². The van der Waals surface area contributed by atoms with Gasteiger partial charge in [0.15, 0.2) is 0 Å². The fourth-order valence-electron chi connectivity index (χ4n) is 3.14. The van der Waals surface area contributed by atoms with Gasteiger partial charge < -0.3 is 19.4 Å². The molecule has 0 atom stereocenters. The number of rotatable bonds is 5. The van der Waals surface area contributed by atoms with Crippen LogP contribution in [0.2, 0.25) is 0 Å². The highest BCUT2D eigenvalue weighted by atomic mass is 16.5. The molecule has 8 heteroatoms. The van der Waals surface area contributed by atoms with Crippen molar-refractivity contribution in [1.29, 1.82) is 0 Å². The Balaban J connectivity index is 2.06. The van der Waals surface area contributed by atoms with E-state index in [1.54, 1.807) is 16.7 Å². The van der Waals surface area contributed by atoms with Crippen molar-refractivity contribution in [1.82, 2.24) is 4.57 Å². The van der Waals surface area contributed by atoms with Crippen LogP contribution in [0.1, 0.15) is 38.0 Å². The van der Waals surface area contributed by atoms with Gasteiger partial charge in [-0.1, -0.05) is 12.1 Å². The molecule has 2 aromatic carbocycles. The third-order valence-electron chi connectivity index (χ3n) is 4.61. The maximum Gasteiger partial charge on any atom is 0.337 e. The predicted octanol–water partition coefficient (Wildman–Crippen LogP) is 2.85. The first-order valence-corrected chi connectivity index (χ1v) is 9.14. The molecule has 1 amide bonds. The molecule has 0 aliphatic heterocycles. The van der Waals surface area contributed by atoms with Gasteiger partial charge in [0.05, 0.1) is 30.9 Å². The van der Waals surface area contributed by atoms with Crippen LogP contribution in [0.3, 0.4) is 0 Å². The van der Waals surface area contributed by atoms with Gasteiger partial charge in [0.1, 0.15) is 5.56 Å². The molecule has 0 aliphatic carbocycles. The number of ether oxygens (including phenoxy) is 2. The fraction of sp³-hybridized carbons (Fsp3) is 0.182. The van der Waals surface area contributed by atoms with E-state index in [1.165, 1.54) is 38.6 Å². The number of fused-ring (bicyclic) bond motifs is 1. The van der Waals surface area contributed by atoms with E-state index in [1.807, 2.05) is 19.1 Å². The number of nitrogens with one attached hydrogen (secondary N) is 1. The number of hydrogen-bond acceptors (Lipinski definition) is 6. The maximum atomic E-state index is 12.9. The number of hydrogen-bond donors (Lipinski definition) is 1. The van der Waals surface area contributed by atoms with Crippen LogP contribution in [0.25, 0.3) is 10.9 Å². The number of methoxy groups -OCH3 is 2. The zero-order valence-electron chi connectivity index (χ0n) is 16.7. The number of amides is 1. The molecule has 1 N–H and O–H groups in total. The van der Waals surface area contributed by atoms with Crippen LogP contribution in [-0.4, -0.2) is 36.6 Å². The summed E-state index contributed by atoms with van der Waals surface area (Å²) < 4.78 is 11.2. The number of anilines is 1. The third-order valence-corrected chi connectivity index (χ3v) is 4.61. The first-order chi connectivity index (χ1) is 14.4. The molecule has 0 unspecified atom stereocenters. The Morgan fingerprint density at radius 2 is 1.57 bits per heavy atom. The van der Waals surface area contributed by atoms with E-state index in [9.17, 15) is 19.2 Å². The third kappa shape index (κ3) is 3.93. The molecule has 3 rings (SSSR count). The fourth-order valence-corrected chi connectivity index (χ4v) is 3.14. The highest BCUT2D eigenvalue weighted by Gasteiger charge is 2.18. The Morgan fingerprint density at radius 1 is 0.967 bits per heavy atom. The Morgan fingerprint density at radius 3 is 2.13 bits per heavy atom. The van der Waals surface area contributed by atoms with Gasteiger partial charge in [-0.15, -0.1) is 0 Å². The molecule has 0 saturated carbocycles. The van der Waals surface area contributed by atoms with E-state index < -0.39 is 23.3 Å². The van der Waals surface area contributed by atoms with Crippen molar-refractivity contribution >= 4 is 34.4 Å². The van der Waals surface area contributed by atoms with Crippen molar-refractivity contribution in [3.63, 3.8) is 0 Å². The number of para-hydroxylation sites is 1. The van der Waals surface area contributed by atoms with Crippen LogP contribution < -0.4 is 10.7 Å². The Kier molecular flexibility index (Phi) is 5.96. The van der Waals surface area contributed by atoms with Crippen LogP contribution in [-0.2, 0) is 16.0 Å². The molecule has 3 aromatic rings. The molecule has 0 radical (unpaired) electrons. The lowest BCUT2D eigenvalue weighted by molar-refractivity contribution is 0.0599. The minimum atomic E-state index is -0.685. The van der Waals surface area contributed by atoms with Crippen LogP contribution in [0.15, 0.2) is 53.5 Å². The average Bonchev–Trinajstić information content (AvgIpc) is 2.78. The summed E-state index contributed by atoms with van der Waals surface area (Å²) in [4.78, 5) is 49.6. The number of aromatic nitrogens is 1. The first-order valence-electron chi connectivity index (χ1n) is 9.14. The van der Waals surface area contributed by atoms with Gasteiger partial charge in [0.25, 0.3) is 5.91 Å². The second-order valence-electron chi connectivity index (χ2n) is 6.41. The quantitative estimate of drug-likeness (QED) is 0.651. The van der Waals surface area contributed by atoms with E-state index in [0.717, 1.165) is 5.52 Å². The van der Waals surface area contributed by atoms with Crippen molar-refractivity contribution in [2.75, 3.05) is 19.5 Å². The summed E-state index contributed by atoms with van der Waals surface area (Å²) >= 11 is 0. The molecule has 0 bridgehead atoms. The van der Waals surface area contributed by atoms with Gasteiger partial charge in [0, 0.05) is 23.8 Å². The largest absolute Gasteiger partial charge is 0.465 e. The molecule has 0 spiro atoms. The molecule has 8 nitrogen and oxygen atoms in total. The van der Waals surface area contributed by atoms with Crippen LogP contribution >= 0.6 is 0 Å². The minimum absolute atomic E-state index is 0.0557. The highest BCUT2D eigenvalue weighted by molar-refractivity contribution is 6.07. The Bertz CT molecular complexity index is 1180. The lowest BCUT2D eigenvalue weighted by atomic mass is 10.1. The monoisotopic (exact) mass is 408 g/mol. The summed E-state index contributed by atoms with van der Waals surface area (Å²) in [5, 5.41) is 3.01. The zero-order chi connectivity index (χ0) is 21.8. The molecule has 30 heavy (non-hydrogen) atoms. The summed E-state index contributed by atoms with van der Waals surface area (Å²) in [7, 11) is 2.40. The number of nitrogens with zero attached hydrogens (tertiary/aromatic N) is 1. The summed E-state index contributed by atoms with van der Waals surface area (Å²) in [6.45, 7) is 2.46. The number of pyridine rings is 1. The topological polar surface area (TPSA) is 104 Å².